The average molecular weight is 363 g/mol. The maximum atomic E-state index is 12.3. The van der Waals surface area contributed by atoms with E-state index in [0.29, 0.717) is 23.1 Å². The summed E-state index contributed by atoms with van der Waals surface area (Å²) in [7, 11) is 0. The van der Waals surface area contributed by atoms with Crippen LogP contribution < -0.4 is 15.8 Å². The SMILES string of the molecule is CCOc1ccccc1NC(=O)C(C)OC(=O)c1ccc(Cl)cc1N. The number of hydrogen-bond donors (Lipinski definition) is 2. The van der Waals surface area contributed by atoms with Gasteiger partial charge in [-0.25, -0.2) is 4.79 Å². The summed E-state index contributed by atoms with van der Waals surface area (Å²) >= 11 is 5.80. The number of benzene rings is 2. The molecule has 25 heavy (non-hydrogen) atoms. The van der Waals surface area contributed by atoms with Gasteiger partial charge in [-0.2, -0.15) is 0 Å². The molecule has 0 radical (unpaired) electrons. The Morgan fingerprint density at radius 2 is 1.96 bits per heavy atom. The van der Waals surface area contributed by atoms with Crippen molar-refractivity contribution >= 4 is 34.9 Å². The van der Waals surface area contributed by atoms with Gasteiger partial charge in [-0.05, 0) is 44.2 Å². The van der Waals surface area contributed by atoms with E-state index in [9.17, 15) is 9.59 Å². The molecule has 2 aromatic carbocycles. The van der Waals surface area contributed by atoms with Crippen LogP contribution in [0.3, 0.4) is 0 Å². The number of nitrogen functional groups attached to an aromatic ring is 1. The molecule has 132 valence electrons. The molecule has 0 heterocycles. The van der Waals surface area contributed by atoms with E-state index in [0.717, 1.165) is 0 Å². The molecule has 0 fully saturated rings. The van der Waals surface area contributed by atoms with Crippen LogP contribution in [0.5, 0.6) is 5.75 Å². The lowest BCUT2D eigenvalue weighted by molar-refractivity contribution is -0.123. The number of amides is 1. The van der Waals surface area contributed by atoms with Crippen molar-refractivity contribution in [2.24, 2.45) is 0 Å². The number of hydrogen-bond acceptors (Lipinski definition) is 5. The molecule has 0 aliphatic carbocycles. The lowest BCUT2D eigenvalue weighted by Gasteiger charge is -2.16. The zero-order valence-corrected chi connectivity index (χ0v) is 14.7. The summed E-state index contributed by atoms with van der Waals surface area (Å²) in [5.74, 6) is -0.637. The van der Waals surface area contributed by atoms with E-state index in [1.807, 2.05) is 6.92 Å². The van der Waals surface area contributed by atoms with Gasteiger partial charge in [0.2, 0.25) is 0 Å². The fourth-order valence-corrected chi connectivity index (χ4v) is 2.26. The van der Waals surface area contributed by atoms with E-state index in [-0.39, 0.29) is 11.3 Å². The number of carbonyl (C=O) groups is 2. The van der Waals surface area contributed by atoms with Gasteiger partial charge in [0.1, 0.15) is 5.75 Å². The summed E-state index contributed by atoms with van der Waals surface area (Å²) in [4.78, 5) is 24.4. The Morgan fingerprint density at radius 1 is 1.24 bits per heavy atom. The van der Waals surface area contributed by atoms with Crippen LogP contribution in [0.2, 0.25) is 5.02 Å². The molecule has 0 saturated heterocycles. The smallest absolute Gasteiger partial charge is 0.341 e. The number of anilines is 2. The molecule has 3 N–H and O–H groups in total. The topological polar surface area (TPSA) is 90.6 Å². The van der Waals surface area contributed by atoms with Crippen LogP contribution in [0.25, 0.3) is 0 Å². The number of nitrogens with one attached hydrogen (secondary N) is 1. The van der Waals surface area contributed by atoms with Gasteiger partial charge in [0.05, 0.1) is 17.9 Å². The maximum absolute atomic E-state index is 12.3. The molecule has 0 aliphatic rings. The van der Waals surface area contributed by atoms with Gasteiger partial charge in [-0.15, -0.1) is 0 Å². The Morgan fingerprint density at radius 3 is 2.64 bits per heavy atom. The van der Waals surface area contributed by atoms with Crippen LogP contribution >= 0.6 is 11.6 Å². The highest BCUT2D eigenvalue weighted by Gasteiger charge is 2.21. The second-order valence-corrected chi connectivity index (χ2v) is 5.63. The number of esters is 1. The van der Waals surface area contributed by atoms with E-state index in [1.165, 1.54) is 25.1 Å². The van der Waals surface area contributed by atoms with Crippen molar-refractivity contribution in [1.29, 1.82) is 0 Å². The second kappa shape index (κ2) is 8.39. The van der Waals surface area contributed by atoms with Gasteiger partial charge < -0.3 is 20.5 Å². The fraction of sp³-hybridized carbons (Fsp3) is 0.222. The van der Waals surface area contributed by atoms with Crippen LogP contribution in [-0.2, 0) is 9.53 Å². The van der Waals surface area contributed by atoms with Crippen LogP contribution in [0.4, 0.5) is 11.4 Å². The van der Waals surface area contributed by atoms with Gasteiger partial charge in [0.25, 0.3) is 5.91 Å². The van der Waals surface area contributed by atoms with E-state index in [4.69, 9.17) is 26.8 Å². The molecule has 1 atom stereocenters. The van der Waals surface area contributed by atoms with Crippen molar-refractivity contribution in [3.63, 3.8) is 0 Å². The third-order valence-electron chi connectivity index (χ3n) is 3.33. The Kier molecular flexibility index (Phi) is 6.25. The zero-order valence-electron chi connectivity index (χ0n) is 13.9. The minimum Gasteiger partial charge on any atom is -0.492 e. The van der Waals surface area contributed by atoms with Crippen molar-refractivity contribution < 1.29 is 19.1 Å². The van der Waals surface area contributed by atoms with Crippen molar-refractivity contribution in [1.82, 2.24) is 0 Å². The standard InChI is InChI=1S/C18H19ClN2O4/c1-3-24-16-7-5-4-6-15(16)21-17(22)11(2)25-18(23)13-9-8-12(19)10-14(13)20/h4-11H,3,20H2,1-2H3,(H,21,22). The molecule has 0 spiro atoms. The van der Waals surface area contributed by atoms with E-state index in [1.54, 1.807) is 24.3 Å². The van der Waals surface area contributed by atoms with Gasteiger partial charge in [-0.1, -0.05) is 23.7 Å². The normalized spacial score (nSPS) is 11.5. The van der Waals surface area contributed by atoms with Gasteiger partial charge >= 0.3 is 5.97 Å². The molecule has 0 bridgehead atoms. The Hall–Kier alpha value is -2.73. The molecule has 1 amide bonds. The summed E-state index contributed by atoms with van der Waals surface area (Å²) < 4.78 is 10.6. The van der Waals surface area contributed by atoms with E-state index in [2.05, 4.69) is 5.32 Å². The monoisotopic (exact) mass is 362 g/mol. The van der Waals surface area contributed by atoms with Crippen LogP contribution in [-0.4, -0.2) is 24.6 Å². The molecule has 2 aromatic rings. The van der Waals surface area contributed by atoms with Gasteiger partial charge in [0.15, 0.2) is 6.10 Å². The molecule has 0 aromatic heterocycles. The predicted molar refractivity (Wildman–Crippen MR) is 97.0 cm³/mol. The summed E-state index contributed by atoms with van der Waals surface area (Å²) in [5.41, 5.74) is 6.59. The molecule has 6 nitrogen and oxygen atoms in total. The maximum Gasteiger partial charge on any atom is 0.341 e. The number of halogens is 1. The van der Waals surface area contributed by atoms with Crippen LogP contribution in [0.1, 0.15) is 24.2 Å². The second-order valence-electron chi connectivity index (χ2n) is 5.20. The largest absolute Gasteiger partial charge is 0.492 e. The third kappa shape index (κ3) is 4.87. The molecular formula is C18H19ClN2O4. The first-order valence-electron chi connectivity index (χ1n) is 7.71. The highest BCUT2D eigenvalue weighted by atomic mass is 35.5. The minimum atomic E-state index is -1.02. The first-order chi connectivity index (χ1) is 11.9. The average Bonchev–Trinajstić information content (AvgIpc) is 2.56. The molecule has 7 heteroatoms. The highest BCUT2D eigenvalue weighted by molar-refractivity contribution is 6.31. The minimum absolute atomic E-state index is 0.152. The summed E-state index contributed by atoms with van der Waals surface area (Å²) in [6, 6.07) is 11.4. The van der Waals surface area contributed by atoms with Crippen molar-refractivity contribution in [3.8, 4) is 5.75 Å². The molecular weight excluding hydrogens is 344 g/mol. The lowest BCUT2D eigenvalue weighted by Crippen LogP contribution is -2.30. The van der Waals surface area contributed by atoms with Crippen molar-refractivity contribution in [2.75, 3.05) is 17.7 Å². The first-order valence-corrected chi connectivity index (χ1v) is 8.09. The molecule has 2 rings (SSSR count). The number of carbonyl (C=O) groups excluding carboxylic acids is 2. The molecule has 0 aliphatic heterocycles. The van der Waals surface area contributed by atoms with Gasteiger partial charge in [-0.3, -0.25) is 4.79 Å². The van der Waals surface area contributed by atoms with E-state index >= 15 is 0 Å². The van der Waals surface area contributed by atoms with Crippen LogP contribution in [0, 0.1) is 0 Å². The van der Waals surface area contributed by atoms with Crippen LogP contribution in [0.15, 0.2) is 42.5 Å². The Balaban J connectivity index is 2.04. The number of para-hydroxylation sites is 2. The summed E-state index contributed by atoms with van der Waals surface area (Å²) in [6.07, 6.45) is -1.02. The van der Waals surface area contributed by atoms with Crippen molar-refractivity contribution in [3.05, 3.63) is 53.1 Å². The summed E-state index contributed by atoms with van der Waals surface area (Å²) in [6.45, 7) is 3.79. The molecule has 1 unspecified atom stereocenters. The Labute approximate surface area is 150 Å². The van der Waals surface area contributed by atoms with E-state index < -0.39 is 18.0 Å². The Bertz CT molecular complexity index is 779. The highest BCUT2D eigenvalue weighted by Crippen LogP contribution is 2.24. The van der Waals surface area contributed by atoms with Gasteiger partial charge in [0, 0.05) is 10.7 Å². The number of rotatable bonds is 6. The fourth-order valence-electron chi connectivity index (χ4n) is 2.08. The summed E-state index contributed by atoms with van der Waals surface area (Å²) in [5, 5.41) is 3.09. The molecule has 0 saturated carbocycles. The first kappa shape index (κ1) is 18.6. The third-order valence-corrected chi connectivity index (χ3v) is 3.57. The number of ether oxygens (including phenoxy) is 2. The zero-order chi connectivity index (χ0) is 18.4. The predicted octanol–water partition coefficient (Wildman–Crippen LogP) is 3.50. The number of nitrogens with two attached hydrogens (primary N) is 1. The quantitative estimate of drug-likeness (QED) is 0.606. The lowest BCUT2D eigenvalue weighted by atomic mass is 10.2. The van der Waals surface area contributed by atoms with Crippen molar-refractivity contribution in [2.45, 2.75) is 20.0 Å².